The smallest absolute Gasteiger partial charge is 0.221 e. The Bertz CT molecular complexity index is 1010. The number of rotatable bonds is 5. The number of hydrogen-bond acceptors (Lipinski definition) is 6. The van der Waals surface area contributed by atoms with E-state index >= 15 is 0 Å². The normalized spacial score (nSPS) is 14.3. The molecule has 0 bridgehead atoms. The van der Waals surface area contributed by atoms with Crippen LogP contribution in [-0.4, -0.2) is 46.5 Å². The highest BCUT2D eigenvalue weighted by molar-refractivity contribution is 7.91. The topological polar surface area (TPSA) is 105 Å². The lowest BCUT2D eigenvalue weighted by Crippen LogP contribution is -2.36. The predicted molar refractivity (Wildman–Crippen MR) is 110 cm³/mol. The minimum atomic E-state index is -3.80. The maximum absolute atomic E-state index is 13.1. The lowest BCUT2D eigenvalue weighted by Gasteiger charge is -2.30. The molecule has 0 atom stereocenters. The second kappa shape index (κ2) is 8.62. The van der Waals surface area contributed by atoms with Crippen molar-refractivity contribution in [1.82, 2.24) is 0 Å². The van der Waals surface area contributed by atoms with Gasteiger partial charge in [0, 0.05) is 32.6 Å². The number of benzene rings is 2. The Labute approximate surface area is 169 Å². The highest BCUT2D eigenvalue weighted by Crippen LogP contribution is 2.32. The molecule has 29 heavy (non-hydrogen) atoms. The van der Waals surface area contributed by atoms with Crippen LogP contribution in [0.5, 0.6) is 0 Å². The van der Waals surface area contributed by atoms with Crippen LogP contribution in [-0.2, 0) is 24.2 Å². The Kier molecular flexibility index (Phi) is 6.19. The van der Waals surface area contributed by atoms with Gasteiger partial charge in [0.25, 0.3) is 0 Å². The SMILES string of the molecule is CC(=O)Nc1ccc(S(=O)(=O)c2ccc(N3CCOCC3)c(NC(C)=O)c2)cc1. The van der Waals surface area contributed by atoms with Gasteiger partial charge >= 0.3 is 0 Å². The second-order valence-electron chi connectivity index (χ2n) is 6.67. The lowest BCUT2D eigenvalue weighted by molar-refractivity contribution is -0.115. The highest BCUT2D eigenvalue weighted by Gasteiger charge is 2.22. The van der Waals surface area contributed by atoms with Crippen LogP contribution in [0.4, 0.5) is 17.1 Å². The summed E-state index contributed by atoms with van der Waals surface area (Å²) in [4.78, 5) is 25.0. The van der Waals surface area contributed by atoms with E-state index in [4.69, 9.17) is 4.74 Å². The molecule has 0 saturated carbocycles. The largest absolute Gasteiger partial charge is 0.378 e. The van der Waals surface area contributed by atoms with Gasteiger partial charge in [-0.1, -0.05) is 0 Å². The van der Waals surface area contributed by atoms with Crippen LogP contribution in [0.25, 0.3) is 0 Å². The van der Waals surface area contributed by atoms with Gasteiger partial charge in [-0.2, -0.15) is 0 Å². The Morgan fingerprint density at radius 1 is 0.897 bits per heavy atom. The number of nitrogens with zero attached hydrogens (tertiary/aromatic N) is 1. The lowest BCUT2D eigenvalue weighted by atomic mass is 10.2. The summed E-state index contributed by atoms with van der Waals surface area (Å²) >= 11 is 0. The van der Waals surface area contributed by atoms with Crippen molar-refractivity contribution < 1.29 is 22.7 Å². The Morgan fingerprint density at radius 2 is 1.48 bits per heavy atom. The summed E-state index contributed by atoms with van der Waals surface area (Å²) in [7, 11) is -3.80. The van der Waals surface area contributed by atoms with Crippen LogP contribution >= 0.6 is 0 Å². The van der Waals surface area contributed by atoms with Gasteiger partial charge in [0.15, 0.2) is 0 Å². The van der Waals surface area contributed by atoms with Gasteiger partial charge in [0.2, 0.25) is 21.7 Å². The van der Waals surface area contributed by atoms with E-state index in [0.29, 0.717) is 37.7 Å². The van der Waals surface area contributed by atoms with E-state index in [-0.39, 0.29) is 21.6 Å². The average Bonchev–Trinajstić information content (AvgIpc) is 2.68. The van der Waals surface area contributed by atoms with Gasteiger partial charge in [-0.25, -0.2) is 8.42 Å². The predicted octanol–water partition coefficient (Wildman–Crippen LogP) is 2.27. The molecule has 0 aliphatic carbocycles. The van der Waals surface area contributed by atoms with Gasteiger partial charge in [-0.3, -0.25) is 9.59 Å². The van der Waals surface area contributed by atoms with Crippen LogP contribution in [0, 0.1) is 0 Å². The third kappa shape index (κ3) is 4.93. The van der Waals surface area contributed by atoms with Crippen molar-refractivity contribution in [3.63, 3.8) is 0 Å². The summed E-state index contributed by atoms with van der Waals surface area (Å²) in [5.74, 6) is -0.520. The molecular weight excluding hydrogens is 394 g/mol. The first kappa shape index (κ1) is 20.8. The second-order valence-corrected chi connectivity index (χ2v) is 8.62. The number of ether oxygens (including phenoxy) is 1. The van der Waals surface area contributed by atoms with Crippen molar-refractivity contribution in [2.45, 2.75) is 23.6 Å². The zero-order valence-electron chi connectivity index (χ0n) is 16.3. The molecule has 1 heterocycles. The number of carbonyl (C=O) groups is 2. The van der Waals surface area contributed by atoms with Crippen molar-refractivity contribution in [3.8, 4) is 0 Å². The summed E-state index contributed by atoms with van der Waals surface area (Å²) < 4.78 is 31.5. The van der Waals surface area contributed by atoms with Crippen molar-refractivity contribution in [2.75, 3.05) is 41.8 Å². The van der Waals surface area contributed by atoms with Crippen molar-refractivity contribution >= 4 is 38.7 Å². The third-order valence-electron chi connectivity index (χ3n) is 4.43. The number of carbonyl (C=O) groups excluding carboxylic acids is 2. The molecule has 1 fully saturated rings. The summed E-state index contributed by atoms with van der Waals surface area (Å²) in [6.45, 7) is 5.21. The molecule has 2 amide bonds. The molecule has 2 N–H and O–H groups in total. The van der Waals surface area contributed by atoms with Crippen LogP contribution in [0.1, 0.15) is 13.8 Å². The Balaban J connectivity index is 1.96. The van der Waals surface area contributed by atoms with E-state index < -0.39 is 9.84 Å². The number of anilines is 3. The van der Waals surface area contributed by atoms with Gasteiger partial charge in [0.1, 0.15) is 0 Å². The minimum Gasteiger partial charge on any atom is -0.378 e. The van der Waals surface area contributed by atoms with Crippen molar-refractivity contribution in [3.05, 3.63) is 42.5 Å². The molecule has 0 radical (unpaired) electrons. The number of sulfone groups is 1. The monoisotopic (exact) mass is 417 g/mol. The summed E-state index contributed by atoms with van der Waals surface area (Å²) in [5.41, 5.74) is 1.71. The standard InChI is InChI=1S/C20H23N3O5S/c1-14(24)21-16-3-5-17(6-4-16)29(26,27)18-7-8-20(19(13-18)22-15(2)25)23-9-11-28-12-10-23/h3-8,13H,9-12H2,1-2H3,(H,21,24)(H,22,25). The molecule has 1 aliphatic rings. The van der Waals surface area contributed by atoms with E-state index in [9.17, 15) is 18.0 Å². The minimum absolute atomic E-state index is 0.0746. The Hall–Kier alpha value is -2.91. The van der Waals surface area contributed by atoms with Crippen LogP contribution in [0.3, 0.4) is 0 Å². The number of amides is 2. The van der Waals surface area contributed by atoms with E-state index in [0.717, 1.165) is 5.69 Å². The summed E-state index contributed by atoms with van der Waals surface area (Å²) in [6, 6.07) is 10.7. The summed E-state index contributed by atoms with van der Waals surface area (Å²) in [6.07, 6.45) is 0. The van der Waals surface area contributed by atoms with Crippen LogP contribution < -0.4 is 15.5 Å². The van der Waals surface area contributed by atoms with Crippen molar-refractivity contribution in [1.29, 1.82) is 0 Å². The fourth-order valence-corrected chi connectivity index (χ4v) is 4.40. The zero-order valence-corrected chi connectivity index (χ0v) is 17.1. The van der Waals surface area contributed by atoms with Gasteiger partial charge in [-0.15, -0.1) is 0 Å². The fourth-order valence-electron chi connectivity index (χ4n) is 3.11. The fraction of sp³-hybridized carbons (Fsp3) is 0.300. The van der Waals surface area contributed by atoms with Gasteiger partial charge in [0.05, 0.1) is 34.4 Å². The average molecular weight is 417 g/mol. The molecule has 8 nitrogen and oxygen atoms in total. The van der Waals surface area contributed by atoms with Crippen LogP contribution in [0.2, 0.25) is 0 Å². The molecular formula is C20H23N3O5S. The Morgan fingerprint density at radius 3 is 2.07 bits per heavy atom. The maximum Gasteiger partial charge on any atom is 0.221 e. The molecule has 154 valence electrons. The highest BCUT2D eigenvalue weighted by atomic mass is 32.2. The van der Waals surface area contributed by atoms with Gasteiger partial charge in [-0.05, 0) is 42.5 Å². The molecule has 2 aromatic rings. The van der Waals surface area contributed by atoms with E-state index in [1.54, 1.807) is 6.07 Å². The first-order valence-electron chi connectivity index (χ1n) is 9.14. The molecule has 0 unspecified atom stereocenters. The van der Waals surface area contributed by atoms with E-state index in [1.165, 1.54) is 50.2 Å². The number of hydrogen-bond donors (Lipinski definition) is 2. The molecule has 9 heteroatoms. The van der Waals surface area contributed by atoms with Crippen molar-refractivity contribution in [2.24, 2.45) is 0 Å². The molecule has 3 rings (SSSR count). The molecule has 0 spiro atoms. The van der Waals surface area contributed by atoms with E-state index in [1.807, 2.05) is 4.90 Å². The molecule has 2 aromatic carbocycles. The zero-order chi connectivity index (χ0) is 21.0. The quantitative estimate of drug-likeness (QED) is 0.773. The maximum atomic E-state index is 13.1. The number of nitrogens with one attached hydrogen (secondary N) is 2. The summed E-state index contributed by atoms with van der Waals surface area (Å²) in [5, 5.41) is 5.33. The molecule has 1 aliphatic heterocycles. The molecule has 0 aromatic heterocycles. The number of morpholine rings is 1. The van der Waals surface area contributed by atoms with Gasteiger partial charge < -0.3 is 20.3 Å². The molecule has 1 saturated heterocycles. The third-order valence-corrected chi connectivity index (χ3v) is 6.19. The first-order valence-corrected chi connectivity index (χ1v) is 10.6. The first-order chi connectivity index (χ1) is 13.8. The van der Waals surface area contributed by atoms with E-state index in [2.05, 4.69) is 10.6 Å². The van der Waals surface area contributed by atoms with Crippen LogP contribution in [0.15, 0.2) is 52.3 Å².